The van der Waals surface area contributed by atoms with E-state index in [1.807, 2.05) is 0 Å². The molecule has 0 spiro atoms. The third kappa shape index (κ3) is 0.926. The van der Waals surface area contributed by atoms with Crippen molar-refractivity contribution < 1.29 is 0 Å². The molecule has 4 unspecified atom stereocenters. The van der Waals surface area contributed by atoms with Crippen molar-refractivity contribution in [1.82, 2.24) is 4.90 Å². The van der Waals surface area contributed by atoms with Gasteiger partial charge in [-0.15, -0.1) is 0 Å². The third-order valence-electron chi connectivity index (χ3n) is 3.59. The molecule has 64 valence electrons. The minimum Gasteiger partial charge on any atom is -0.326 e. The molecule has 2 rings (SSSR count). The predicted octanol–water partition coefficient (Wildman–Crippen LogP) is 0.674. The van der Waals surface area contributed by atoms with Crippen LogP contribution in [0.5, 0.6) is 0 Å². The van der Waals surface area contributed by atoms with E-state index in [0.717, 1.165) is 17.9 Å². The minimum absolute atomic E-state index is 0.462. The molecular weight excluding hydrogens is 136 g/mol. The van der Waals surface area contributed by atoms with Gasteiger partial charge in [0.2, 0.25) is 0 Å². The predicted molar refractivity (Wildman–Crippen MR) is 46.3 cm³/mol. The summed E-state index contributed by atoms with van der Waals surface area (Å²) in [5, 5.41) is 0. The molecule has 1 aliphatic heterocycles. The standard InChI is InChI=1S/C9H18N2/c1-3-6-4-8(10)9-7(6)5-11(9)2/h6-9H,3-5,10H2,1-2H3. The number of fused-ring (bicyclic) bond motifs is 1. The molecule has 2 fully saturated rings. The van der Waals surface area contributed by atoms with Gasteiger partial charge >= 0.3 is 0 Å². The zero-order valence-corrected chi connectivity index (χ0v) is 7.46. The summed E-state index contributed by atoms with van der Waals surface area (Å²) in [5.74, 6) is 1.85. The fourth-order valence-electron chi connectivity index (χ4n) is 2.96. The summed E-state index contributed by atoms with van der Waals surface area (Å²) in [5.41, 5.74) is 6.03. The Bertz CT molecular complexity index is 158. The number of likely N-dealkylation sites (N-methyl/N-ethyl adjacent to an activating group) is 1. The summed E-state index contributed by atoms with van der Waals surface area (Å²) < 4.78 is 0. The Balaban J connectivity index is 2.04. The molecule has 0 aromatic carbocycles. The average Bonchev–Trinajstić information content (AvgIpc) is 2.20. The Morgan fingerprint density at radius 2 is 2.27 bits per heavy atom. The molecule has 1 aliphatic carbocycles. The van der Waals surface area contributed by atoms with Crippen LogP contribution in [0.1, 0.15) is 19.8 Å². The highest BCUT2D eigenvalue weighted by atomic mass is 15.2. The van der Waals surface area contributed by atoms with Crippen molar-refractivity contribution in [3.63, 3.8) is 0 Å². The highest BCUT2D eigenvalue weighted by Gasteiger charge is 2.49. The van der Waals surface area contributed by atoms with E-state index in [0.29, 0.717) is 6.04 Å². The quantitative estimate of drug-likeness (QED) is 0.601. The highest BCUT2D eigenvalue weighted by molar-refractivity contribution is 5.05. The molecule has 1 saturated heterocycles. The Hall–Kier alpha value is -0.0800. The van der Waals surface area contributed by atoms with Crippen LogP contribution < -0.4 is 5.73 Å². The van der Waals surface area contributed by atoms with Crippen molar-refractivity contribution in [2.24, 2.45) is 17.6 Å². The summed E-state index contributed by atoms with van der Waals surface area (Å²) in [4.78, 5) is 2.41. The number of nitrogens with two attached hydrogens (primary N) is 1. The maximum atomic E-state index is 6.03. The van der Waals surface area contributed by atoms with Crippen LogP contribution in [0.15, 0.2) is 0 Å². The zero-order chi connectivity index (χ0) is 8.01. The maximum absolute atomic E-state index is 6.03. The smallest absolute Gasteiger partial charge is 0.0287 e. The number of likely N-dealkylation sites (tertiary alicyclic amines) is 1. The van der Waals surface area contributed by atoms with Gasteiger partial charge in [0.15, 0.2) is 0 Å². The largest absolute Gasteiger partial charge is 0.326 e. The van der Waals surface area contributed by atoms with Gasteiger partial charge in [0.1, 0.15) is 0 Å². The Morgan fingerprint density at radius 3 is 2.73 bits per heavy atom. The lowest BCUT2D eigenvalue weighted by atomic mass is 9.84. The molecule has 2 heteroatoms. The first kappa shape index (κ1) is 7.56. The van der Waals surface area contributed by atoms with Crippen molar-refractivity contribution in [2.45, 2.75) is 31.8 Å². The second kappa shape index (κ2) is 2.46. The van der Waals surface area contributed by atoms with Gasteiger partial charge < -0.3 is 10.6 Å². The molecule has 2 N–H and O–H groups in total. The molecule has 11 heavy (non-hydrogen) atoms. The van der Waals surface area contributed by atoms with E-state index in [4.69, 9.17) is 5.73 Å². The summed E-state index contributed by atoms with van der Waals surface area (Å²) in [6.07, 6.45) is 2.58. The molecular formula is C9H18N2. The molecule has 0 amide bonds. The van der Waals surface area contributed by atoms with Crippen molar-refractivity contribution in [1.29, 1.82) is 0 Å². The van der Waals surface area contributed by atoms with Crippen molar-refractivity contribution in [3.8, 4) is 0 Å². The zero-order valence-electron chi connectivity index (χ0n) is 7.46. The second-order valence-corrected chi connectivity index (χ2v) is 4.16. The van der Waals surface area contributed by atoms with Gasteiger partial charge in [-0.3, -0.25) is 0 Å². The van der Waals surface area contributed by atoms with Crippen LogP contribution in [0, 0.1) is 11.8 Å². The number of nitrogens with zero attached hydrogens (tertiary/aromatic N) is 1. The van der Waals surface area contributed by atoms with Gasteiger partial charge in [0, 0.05) is 18.6 Å². The van der Waals surface area contributed by atoms with E-state index in [2.05, 4.69) is 18.9 Å². The molecule has 2 nitrogen and oxygen atoms in total. The first-order valence-corrected chi connectivity index (χ1v) is 4.70. The van der Waals surface area contributed by atoms with Gasteiger partial charge in [0.05, 0.1) is 0 Å². The fourth-order valence-corrected chi connectivity index (χ4v) is 2.96. The Labute approximate surface area is 68.7 Å². The van der Waals surface area contributed by atoms with Crippen molar-refractivity contribution in [3.05, 3.63) is 0 Å². The molecule has 1 heterocycles. The SMILES string of the molecule is CCC1CC(N)C2C1CN2C. The number of hydrogen-bond donors (Lipinski definition) is 1. The topological polar surface area (TPSA) is 29.3 Å². The van der Waals surface area contributed by atoms with E-state index < -0.39 is 0 Å². The molecule has 0 bridgehead atoms. The summed E-state index contributed by atoms with van der Waals surface area (Å²) in [6, 6.07) is 1.18. The van der Waals surface area contributed by atoms with Crippen LogP contribution >= 0.6 is 0 Å². The monoisotopic (exact) mass is 154 g/mol. The van der Waals surface area contributed by atoms with Gasteiger partial charge in [-0.1, -0.05) is 13.3 Å². The molecule has 0 radical (unpaired) electrons. The van der Waals surface area contributed by atoms with E-state index in [1.54, 1.807) is 0 Å². The molecule has 4 atom stereocenters. The number of rotatable bonds is 1. The van der Waals surface area contributed by atoms with E-state index in [9.17, 15) is 0 Å². The highest BCUT2D eigenvalue weighted by Crippen LogP contribution is 2.42. The molecule has 1 saturated carbocycles. The van der Waals surface area contributed by atoms with Crippen molar-refractivity contribution in [2.75, 3.05) is 13.6 Å². The van der Waals surface area contributed by atoms with E-state index in [-0.39, 0.29) is 0 Å². The van der Waals surface area contributed by atoms with Crippen LogP contribution in [-0.2, 0) is 0 Å². The number of hydrogen-bond acceptors (Lipinski definition) is 2. The lowest BCUT2D eigenvalue weighted by molar-refractivity contribution is 0.0368. The van der Waals surface area contributed by atoms with Crippen LogP contribution in [-0.4, -0.2) is 30.6 Å². The van der Waals surface area contributed by atoms with Crippen LogP contribution in [0.25, 0.3) is 0 Å². The van der Waals surface area contributed by atoms with Crippen LogP contribution in [0.3, 0.4) is 0 Å². The fraction of sp³-hybridized carbons (Fsp3) is 1.00. The Kier molecular flexibility index (Phi) is 1.69. The normalized spacial score (nSPS) is 50.5. The molecule has 0 aromatic heterocycles. The summed E-state index contributed by atoms with van der Waals surface area (Å²) >= 11 is 0. The van der Waals surface area contributed by atoms with Gasteiger partial charge in [-0.2, -0.15) is 0 Å². The van der Waals surface area contributed by atoms with Gasteiger partial charge in [-0.25, -0.2) is 0 Å². The lowest BCUT2D eigenvalue weighted by Crippen LogP contribution is -2.58. The molecule has 2 aliphatic rings. The summed E-state index contributed by atoms with van der Waals surface area (Å²) in [7, 11) is 2.19. The average molecular weight is 154 g/mol. The first-order valence-electron chi connectivity index (χ1n) is 4.70. The van der Waals surface area contributed by atoms with Crippen LogP contribution in [0.2, 0.25) is 0 Å². The van der Waals surface area contributed by atoms with E-state index in [1.165, 1.54) is 19.4 Å². The van der Waals surface area contributed by atoms with Crippen molar-refractivity contribution >= 4 is 0 Å². The van der Waals surface area contributed by atoms with Crippen LogP contribution in [0.4, 0.5) is 0 Å². The molecule has 0 aromatic rings. The van der Waals surface area contributed by atoms with Gasteiger partial charge in [-0.05, 0) is 25.3 Å². The minimum atomic E-state index is 0.462. The van der Waals surface area contributed by atoms with E-state index >= 15 is 0 Å². The maximum Gasteiger partial charge on any atom is 0.0287 e. The van der Waals surface area contributed by atoms with Gasteiger partial charge in [0.25, 0.3) is 0 Å². The first-order chi connectivity index (χ1) is 5.24. The third-order valence-corrected chi connectivity index (χ3v) is 3.59. The Morgan fingerprint density at radius 1 is 1.55 bits per heavy atom. The lowest BCUT2D eigenvalue weighted by Gasteiger charge is -2.45. The second-order valence-electron chi connectivity index (χ2n) is 4.16. The summed E-state index contributed by atoms with van der Waals surface area (Å²) in [6.45, 7) is 3.58.